The van der Waals surface area contributed by atoms with Crippen LogP contribution in [0.3, 0.4) is 0 Å². The molecule has 15 heavy (non-hydrogen) atoms. The summed E-state index contributed by atoms with van der Waals surface area (Å²) >= 11 is 0. The number of carbonyl (C=O) groups is 1. The van der Waals surface area contributed by atoms with Crippen molar-refractivity contribution in [3.8, 4) is 0 Å². The van der Waals surface area contributed by atoms with Crippen LogP contribution < -0.4 is 0 Å². The summed E-state index contributed by atoms with van der Waals surface area (Å²) < 4.78 is 5.38. The fraction of sp³-hybridized carbons (Fsp3) is 0.455. The first-order valence-corrected chi connectivity index (χ1v) is 5.08. The Morgan fingerprint density at radius 2 is 2.53 bits per heavy atom. The predicted molar refractivity (Wildman–Crippen MR) is 55.6 cm³/mol. The molecule has 4 heteroatoms. The van der Waals surface area contributed by atoms with Crippen molar-refractivity contribution in [1.82, 2.24) is 9.88 Å². The van der Waals surface area contributed by atoms with Crippen LogP contribution in [0.4, 0.5) is 0 Å². The maximum Gasteiger partial charge on any atom is 0.255 e. The van der Waals surface area contributed by atoms with Crippen LogP contribution in [0.5, 0.6) is 0 Å². The Balaban J connectivity index is 2.08. The molecular formula is C11H14N2O2. The van der Waals surface area contributed by atoms with Crippen LogP contribution in [0, 0.1) is 0 Å². The zero-order chi connectivity index (χ0) is 10.7. The molecular weight excluding hydrogens is 192 g/mol. The fourth-order valence-corrected chi connectivity index (χ4v) is 1.67. The van der Waals surface area contributed by atoms with Crippen molar-refractivity contribution in [2.75, 3.05) is 19.7 Å². The van der Waals surface area contributed by atoms with Gasteiger partial charge in [-0.25, -0.2) is 0 Å². The fourth-order valence-electron chi connectivity index (χ4n) is 1.67. The molecule has 1 amide bonds. The Labute approximate surface area is 88.9 Å². The lowest BCUT2D eigenvalue weighted by Gasteiger charge is -2.31. The molecule has 0 saturated carbocycles. The number of carbonyl (C=O) groups excluding carboxylic acids is 1. The summed E-state index contributed by atoms with van der Waals surface area (Å²) in [7, 11) is 0. The number of aromatic nitrogens is 1. The van der Waals surface area contributed by atoms with Gasteiger partial charge in [-0.05, 0) is 19.1 Å². The quantitative estimate of drug-likeness (QED) is 0.686. The summed E-state index contributed by atoms with van der Waals surface area (Å²) in [4.78, 5) is 17.7. The smallest absolute Gasteiger partial charge is 0.255 e. The third kappa shape index (κ3) is 2.33. The Bertz CT molecular complexity index is 340. The molecule has 2 heterocycles. The van der Waals surface area contributed by atoms with Crippen LogP contribution >= 0.6 is 0 Å². The third-order valence-electron chi connectivity index (χ3n) is 2.44. The molecule has 0 aliphatic carbocycles. The zero-order valence-electron chi connectivity index (χ0n) is 8.72. The van der Waals surface area contributed by atoms with Gasteiger partial charge in [-0.15, -0.1) is 0 Å². The Hall–Kier alpha value is -1.42. The van der Waals surface area contributed by atoms with Crippen LogP contribution in [0.15, 0.2) is 24.5 Å². The van der Waals surface area contributed by atoms with Gasteiger partial charge in [0.1, 0.15) is 0 Å². The first-order valence-electron chi connectivity index (χ1n) is 5.08. The minimum absolute atomic E-state index is 0.0400. The molecule has 1 saturated heterocycles. The van der Waals surface area contributed by atoms with Gasteiger partial charge in [-0.3, -0.25) is 9.78 Å². The minimum Gasteiger partial charge on any atom is -0.375 e. The molecule has 0 bridgehead atoms. The monoisotopic (exact) mass is 206 g/mol. The van der Waals surface area contributed by atoms with Gasteiger partial charge >= 0.3 is 0 Å². The molecule has 0 N–H and O–H groups in total. The van der Waals surface area contributed by atoms with Crippen LogP contribution in [0.1, 0.15) is 17.3 Å². The summed E-state index contributed by atoms with van der Waals surface area (Å²) in [5.41, 5.74) is 0.645. The van der Waals surface area contributed by atoms with Crippen molar-refractivity contribution in [1.29, 1.82) is 0 Å². The predicted octanol–water partition coefficient (Wildman–Crippen LogP) is 0.943. The molecule has 0 radical (unpaired) electrons. The SMILES string of the molecule is C[C@@H]1CN(C(=O)c2cccnc2)CCO1. The average Bonchev–Trinajstić information content (AvgIpc) is 2.29. The largest absolute Gasteiger partial charge is 0.375 e. The van der Waals surface area contributed by atoms with Gasteiger partial charge in [-0.1, -0.05) is 0 Å². The Morgan fingerprint density at radius 3 is 3.20 bits per heavy atom. The van der Waals surface area contributed by atoms with E-state index in [0.29, 0.717) is 25.3 Å². The molecule has 1 aliphatic rings. The second-order valence-corrected chi connectivity index (χ2v) is 3.67. The number of ether oxygens (including phenoxy) is 1. The molecule has 1 atom stereocenters. The number of hydrogen-bond acceptors (Lipinski definition) is 3. The number of nitrogens with zero attached hydrogens (tertiary/aromatic N) is 2. The van der Waals surface area contributed by atoms with Crippen molar-refractivity contribution in [2.24, 2.45) is 0 Å². The summed E-state index contributed by atoms with van der Waals surface area (Å²) in [5, 5.41) is 0. The van der Waals surface area contributed by atoms with E-state index in [2.05, 4.69) is 4.98 Å². The van der Waals surface area contributed by atoms with E-state index in [1.54, 1.807) is 24.5 Å². The minimum atomic E-state index is 0.0400. The summed E-state index contributed by atoms with van der Waals surface area (Å²) in [5.74, 6) is 0.0400. The highest BCUT2D eigenvalue weighted by atomic mass is 16.5. The third-order valence-corrected chi connectivity index (χ3v) is 2.44. The summed E-state index contributed by atoms with van der Waals surface area (Å²) in [6.07, 6.45) is 3.39. The van der Waals surface area contributed by atoms with E-state index in [-0.39, 0.29) is 12.0 Å². The highest BCUT2D eigenvalue weighted by molar-refractivity contribution is 5.93. The number of pyridine rings is 1. The van der Waals surface area contributed by atoms with Crippen molar-refractivity contribution in [2.45, 2.75) is 13.0 Å². The van der Waals surface area contributed by atoms with Crippen LogP contribution in [0.25, 0.3) is 0 Å². The normalized spacial score (nSPS) is 21.4. The number of morpholine rings is 1. The maximum atomic E-state index is 12.0. The van der Waals surface area contributed by atoms with Crippen LogP contribution in [-0.4, -0.2) is 41.6 Å². The van der Waals surface area contributed by atoms with E-state index in [9.17, 15) is 4.79 Å². The van der Waals surface area contributed by atoms with E-state index in [4.69, 9.17) is 4.74 Å². The molecule has 1 fully saturated rings. The standard InChI is InChI=1S/C11H14N2O2/c1-9-8-13(5-6-15-9)11(14)10-3-2-4-12-7-10/h2-4,7,9H,5-6,8H2,1H3/t9-/m1/s1. The Morgan fingerprint density at radius 1 is 1.67 bits per heavy atom. The molecule has 2 rings (SSSR count). The molecule has 0 spiro atoms. The molecule has 1 aromatic heterocycles. The van der Waals surface area contributed by atoms with E-state index in [1.807, 2.05) is 11.8 Å². The van der Waals surface area contributed by atoms with Crippen molar-refractivity contribution >= 4 is 5.91 Å². The second-order valence-electron chi connectivity index (χ2n) is 3.67. The van der Waals surface area contributed by atoms with E-state index in [0.717, 1.165) is 0 Å². The first kappa shape index (κ1) is 10.1. The molecule has 80 valence electrons. The van der Waals surface area contributed by atoms with Gasteiger partial charge in [0.25, 0.3) is 5.91 Å². The van der Waals surface area contributed by atoms with E-state index in [1.165, 1.54) is 0 Å². The van der Waals surface area contributed by atoms with E-state index >= 15 is 0 Å². The maximum absolute atomic E-state index is 12.0. The average molecular weight is 206 g/mol. The topological polar surface area (TPSA) is 42.4 Å². The van der Waals surface area contributed by atoms with Crippen molar-refractivity contribution in [3.05, 3.63) is 30.1 Å². The second kappa shape index (κ2) is 4.40. The molecule has 0 aromatic carbocycles. The Kier molecular flexibility index (Phi) is 2.97. The highest BCUT2D eigenvalue weighted by Gasteiger charge is 2.22. The zero-order valence-corrected chi connectivity index (χ0v) is 8.72. The number of amides is 1. The number of rotatable bonds is 1. The summed E-state index contributed by atoms with van der Waals surface area (Å²) in [6, 6.07) is 3.56. The summed E-state index contributed by atoms with van der Waals surface area (Å²) in [6.45, 7) is 3.92. The lowest BCUT2D eigenvalue weighted by Crippen LogP contribution is -2.44. The van der Waals surface area contributed by atoms with E-state index < -0.39 is 0 Å². The highest BCUT2D eigenvalue weighted by Crippen LogP contribution is 2.09. The van der Waals surface area contributed by atoms with Crippen molar-refractivity contribution < 1.29 is 9.53 Å². The molecule has 4 nitrogen and oxygen atoms in total. The molecule has 1 aliphatic heterocycles. The lowest BCUT2D eigenvalue weighted by atomic mass is 10.2. The van der Waals surface area contributed by atoms with Gasteiger partial charge in [-0.2, -0.15) is 0 Å². The van der Waals surface area contributed by atoms with Gasteiger partial charge < -0.3 is 9.64 Å². The molecule has 1 aromatic rings. The van der Waals surface area contributed by atoms with Crippen molar-refractivity contribution in [3.63, 3.8) is 0 Å². The van der Waals surface area contributed by atoms with Gasteiger partial charge in [0.2, 0.25) is 0 Å². The van der Waals surface area contributed by atoms with Crippen LogP contribution in [0.2, 0.25) is 0 Å². The van der Waals surface area contributed by atoms with Gasteiger partial charge in [0.05, 0.1) is 18.3 Å². The van der Waals surface area contributed by atoms with Crippen LogP contribution in [-0.2, 0) is 4.74 Å². The molecule has 0 unspecified atom stereocenters. The number of hydrogen-bond donors (Lipinski definition) is 0. The first-order chi connectivity index (χ1) is 7.27. The van der Waals surface area contributed by atoms with Gasteiger partial charge in [0.15, 0.2) is 0 Å². The van der Waals surface area contributed by atoms with Gasteiger partial charge in [0, 0.05) is 25.5 Å². The lowest BCUT2D eigenvalue weighted by molar-refractivity contribution is -0.0124.